The summed E-state index contributed by atoms with van der Waals surface area (Å²) < 4.78 is 0. The van der Waals surface area contributed by atoms with Crippen LogP contribution in [-0.2, 0) is 0 Å². The molecule has 0 heterocycles. The molecule has 0 aliphatic heterocycles. The topological polar surface area (TPSA) is 37.1 Å². The van der Waals surface area contributed by atoms with E-state index in [-0.39, 0.29) is 0 Å². The number of hydrogen-bond acceptors (Lipinski definition) is 3. The standard InChI is InChI=1S/C15H19N3/c1-7-12-14(11(4)18-8-2)10(3)13(9-16-5)15(12)17-6/h7-9H,3,6H2,1-2,4-5H3/b12-7+,14-11-,16-9?,18-8?. The molecule has 1 aliphatic rings. The van der Waals surface area contributed by atoms with E-state index in [0.717, 1.165) is 33.7 Å². The Morgan fingerprint density at radius 3 is 2.39 bits per heavy atom. The van der Waals surface area contributed by atoms with Gasteiger partial charge in [-0.3, -0.25) is 15.0 Å². The van der Waals surface area contributed by atoms with E-state index < -0.39 is 0 Å². The van der Waals surface area contributed by atoms with E-state index in [0.29, 0.717) is 0 Å². The van der Waals surface area contributed by atoms with Crippen LogP contribution in [0.3, 0.4) is 0 Å². The Labute approximate surface area is 109 Å². The molecule has 0 fully saturated rings. The minimum absolute atomic E-state index is 0.828. The van der Waals surface area contributed by atoms with Crippen molar-refractivity contribution in [3.05, 3.63) is 46.3 Å². The van der Waals surface area contributed by atoms with E-state index in [1.807, 2.05) is 26.8 Å². The van der Waals surface area contributed by atoms with Crippen LogP contribution in [0.15, 0.2) is 61.3 Å². The Hall–Kier alpha value is -2.03. The highest BCUT2D eigenvalue weighted by Gasteiger charge is 2.27. The van der Waals surface area contributed by atoms with E-state index in [9.17, 15) is 0 Å². The predicted molar refractivity (Wildman–Crippen MR) is 80.8 cm³/mol. The molecule has 0 aromatic carbocycles. The molecule has 0 bridgehead atoms. The van der Waals surface area contributed by atoms with E-state index in [2.05, 4.69) is 28.3 Å². The summed E-state index contributed by atoms with van der Waals surface area (Å²) in [6.45, 7) is 13.6. The second kappa shape index (κ2) is 6.05. The first-order valence-electron chi connectivity index (χ1n) is 5.81. The Balaban J connectivity index is 3.55. The molecular weight excluding hydrogens is 222 g/mol. The third-order valence-corrected chi connectivity index (χ3v) is 2.80. The minimum Gasteiger partial charge on any atom is -0.296 e. The SMILES string of the molecule is C=NC1=C(C=NC)C(=C)C(=C(\C)N=CC)/C1=C\C. The molecule has 1 rings (SSSR count). The summed E-state index contributed by atoms with van der Waals surface area (Å²) in [6.07, 6.45) is 5.55. The van der Waals surface area contributed by atoms with Gasteiger partial charge >= 0.3 is 0 Å². The molecular formula is C15H19N3. The predicted octanol–water partition coefficient (Wildman–Crippen LogP) is 3.52. The van der Waals surface area contributed by atoms with Crippen LogP contribution in [0.5, 0.6) is 0 Å². The highest BCUT2D eigenvalue weighted by atomic mass is 14.8. The fraction of sp³-hybridized carbons (Fsp3) is 0.267. The van der Waals surface area contributed by atoms with E-state index in [1.165, 1.54) is 0 Å². The van der Waals surface area contributed by atoms with Crippen molar-refractivity contribution in [1.29, 1.82) is 0 Å². The molecule has 94 valence electrons. The average molecular weight is 241 g/mol. The Kier molecular flexibility index (Phi) is 4.72. The molecule has 0 atom stereocenters. The summed E-state index contributed by atoms with van der Waals surface area (Å²) in [4.78, 5) is 12.5. The third-order valence-electron chi connectivity index (χ3n) is 2.80. The maximum atomic E-state index is 4.34. The van der Waals surface area contributed by atoms with Crippen LogP contribution < -0.4 is 0 Å². The zero-order chi connectivity index (χ0) is 13.7. The number of nitrogens with zero attached hydrogens (tertiary/aromatic N) is 3. The molecule has 0 unspecified atom stereocenters. The van der Waals surface area contributed by atoms with Crippen molar-refractivity contribution in [3.8, 4) is 0 Å². The fourth-order valence-electron chi connectivity index (χ4n) is 2.09. The van der Waals surface area contributed by atoms with Gasteiger partial charge < -0.3 is 0 Å². The summed E-state index contributed by atoms with van der Waals surface area (Å²) in [5.41, 5.74) is 5.62. The molecule has 3 heteroatoms. The summed E-state index contributed by atoms with van der Waals surface area (Å²) in [5, 5.41) is 0. The lowest BCUT2D eigenvalue weighted by atomic mass is 10.0. The molecule has 18 heavy (non-hydrogen) atoms. The second-order valence-corrected chi connectivity index (χ2v) is 3.84. The van der Waals surface area contributed by atoms with Gasteiger partial charge in [0.25, 0.3) is 0 Å². The van der Waals surface area contributed by atoms with Gasteiger partial charge in [0.2, 0.25) is 0 Å². The highest BCUT2D eigenvalue weighted by molar-refractivity contribution is 5.94. The van der Waals surface area contributed by atoms with Gasteiger partial charge in [0.1, 0.15) is 0 Å². The van der Waals surface area contributed by atoms with Crippen molar-refractivity contribution in [3.63, 3.8) is 0 Å². The molecule has 0 saturated heterocycles. The number of aliphatic imine (C=N–C) groups is 3. The molecule has 0 saturated carbocycles. The molecule has 3 nitrogen and oxygen atoms in total. The van der Waals surface area contributed by atoms with Crippen molar-refractivity contribution in [2.45, 2.75) is 20.8 Å². The van der Waals surface area contributed by atoms with E-state index in [1.54, 1.807) is 19.5 Å². The maximum Gasteiger partial charge on any atom is 0.0791 e. The van der Waals surface area contributed by atoms with Crippen LogP contribution >= 0.6 is 0 Å². The lowest BCUT2D eigenvalue weighted by molar-refractivity contribution is 1.23. The van der Waals surface area contributed by atoms with Crippen LogP contribution in [0.4, 0.5) is 0 Å². The van der Waals surface area contributed by atoms with Crippen LogP contribution in [0.2, 0.25) is 0 Å². The van der Waals surface area contributed by atoms with Crippen molar-refractivity contribution in [2.24, 2.45) is 15.0 Å². The highest BCUT2D eigenvalue weighted by Crippen LogP contribution is 2.41. The minimum atomic E-state index is 0.828. The molecule has 0 aromatic rings. The van der Waals surface area contributed by atoms with Crippen molar-refractivity contribution in [2.75, 3.05) is 7.05 Å². The van der Waals surface area contributed by atoms with Crippen LogP contribution in [0, 0.1) is 0 Å². The number of allylic oxidation sites excluding steroid dienone is 5. The smallest absolute Gasteiger partial charge is 0.0791 e. The Bertz CT molecular complexity index is 526. The van der Waals surface area contributed by atoms with Gasteiger partial charge in [-0.25, -0.2) is 0 Å². The molecule has 0 aromatic heterocycles. The van der Waals surface area contributed by atoms with Crippen LogP contribution in [0.25, 0.3) is 0 Å². The van der Waals surface area contributed by atoms with Gasteiger partial charge in [-0.1, -0.05) is 12.7 Å². The first kappa shape index (κ1) is 14.0. The lowest BCUT2D eigenvalue weighted by Crippen LogP contribution is -1.90. The normalized spacial score (nSPS) is 21.8. The quantitative estimate of drug-likeness (QED) is 0.678. The van der Waals surface area contributed by atoms with Gasteiger partial charge in [-0.2, -0.15) is 0 Å². The van der Waals surface area contributed by atoms with Gasteiger partial charge in [0.15, 0.2) is 0 Å². The van der Waals surface area contributed by atoms with Gasteiger partial charge in [0, 0.05) is 41.9 Å². The summed E-state index contributed by atoms with van der Waals surface area (Å²) in [7, 11) is 1.73. The molecule has 0 N–H and O–H groups in total. The van der Waals surface area contributed by atoms with Gasteiger partial charge in [0.05, 0.1) is 5.70 Å². The van der Waals surface area contributed by atoms with Gasteiger partial charge in [-0.15, -0.1) is 0 Å². The number of rotatable bonds is 3. The van der Waals surface area contributed by atoms with Crippen LogP contribution in [-0.4, -0.2) is 26.2 Å². The number of hydrogen-bond donors (Lipinski definition) is 0. The molecule has 0 amide bonds. The molecule has 1 aliphatic carbocycles. The average Bonchev–Trinajstić information content (AvgIpc) is 2.62. The second-order valence-electron chi connectivity index (χ2n) is 3.84. The van der Waals surface area contributed by atoms with Crippen LogP contribution in [0.1, 0.15) is 20.8 Å². The maximum absolute atomic E-state index is 4.34. The largest absolute Gasteiger partial charge is 0.296 e. The summed E-state index contributed by atoms with van der Waals surface area (Å²) in [6, 6.07) is 0. The zero-order valence-electron chi connectivity index (χ0n) is 11.5. The van der Waals surface area contributed by atoms with Crippen molar-refractivity contribution in [1.82, 2.24) is 0 Å². The zero-order valence-corrected chi connectivity index (χ0v) is 11.5. The van der Waals surface area contributed by atoms with E-state index in [4.69, 9.17) is 0 Å². The van der Waals surface area contributed by atoms with Crippen molar-refractivity contribution >= 4 is 19.1 Å². The first-order chi connectivity index (χ1) is 8.62. The summed E-state index contributed by atoms with van der Waals surface area (Å²) in [5.74, 6) is 0. The molecule has 0 spiro atoms. The van der Waals surface area contributed by atoms with Gasteiger partial charge in [-0.05, 0) is 33.1 Å². The van der Waals surface area contributed by atoms with E-state index >= 15 is 0 Å². The summed E-state index contributed by atoms with van der Waals surface area (Å²) >= 11 is 0. The Morgan fingerprint density at radius 2 is 1.94 bits per heavy atom. The molecule has 0 radical (unpaired) electrons. The third kappa shape index (κ3) is 2.30. The monoisotopic (exact) mass is 241 g/mol. The fourth-order valence-corrected chi connectivity index (χ4v) is 2.09. The Morgan fingerprint density at radius 1 is 1.28 bits per heavy atom. The van der Waals surface area contributed by atoms with Crippen molar-refractivity contribution < 1.29 is 0 Å². The lowest BCUT2D eigenvalue weighted by Gasteiger charge is -2.06. The first-order valence-corrected chi connectivity index (χ1v) is 5.81.